The largest absolute Gasteiger partial charge is 0.395 e. The van der Waals surface area contributed by atoms with Crippen LogP contribution in [0.4, 0.5) is 0 Å². The molecule has 104 valence electrons. The molecule has 2 atom stereocenters. The molecule has 2 nitrogen and oxygen atoms in total. The van der Waals surface area contributed by atoms with Crippen LogP contribution in [0.15, 0.2) is 11.6 Å². The molecular weight excluding hydrogens is 222 g/mol. The van der Waals surface area contributed by atoms with Crippen molar-refractivity contribution < 1.29 is 5.11 Å². The molecule has 1 aliphatic carbocycles. The molecule has 2 unspecified atom stereocenters. The fourth-order valence-corrected chi connectivity index (χ4v) is 3.13. The van der Waals surface area contributed by atoms with Crippen LogP contribution in [0.25, 0.3) is 0 Å². The Morgan fingerprint density at radius 2 is 2.11 bits per heavy atom. The van der Waals surface area contributed by atoms with Crippen LogP contribution in [-0.4, -0.2) is 35.7 Å². The molecule has 1 saturated carbocycles. The predicted molar refractivity (Wildman–Crippen MR) is 76.6 cm³/mol. The second-order valence-electron chi connectivity index (χ2n) is 6.31. The highest BCUT2D eigenvalue weighted by atomic mass is 16.3. The zero-order chi connectivity index (χ0) is 13.0. The van der Waals surface area contributed by atoms with Gasteiger partial charge >= 0.3 is 0 Å². The third-order valence-electron chi connectivity index (χ3n) is 4.98. The molecule has 0 aromatic rings. The van der Waals surface area contributed by atoms with E-state index in [9.17, 15) is 5.11 Å². The lowest BCUT2D eigenvalue weighted by Crippen LogP contribution is -2.33. The molecule has 0 aromatic heterocycles. The second-order valence-corrected chi connectivity index (χ2v) is 6.31. The summed E-state index contributed by atoms with van der Waals surface area (Å²) in [6.45, 7) is 7.34. The van der Waals surface area contributed by atoms with Crippen molar-refractivity contribution >= 4 is 0 Å². The molecule has 2 rings (SSSR count). The Bertz CT molecular complexity index is 283. The average molecular weight is 251 g/mol. The molecule has 2 heteroatoms. The fraction of sp³-hybridized carbons (Fsp3) is 0.875. The Labute approximate surface area is 112 Å². The minimum atomic E-state index is 0.339. The van der Waals surface area contributed by atoms with Gasteiger partial charge in [-0.3, -0.25) is 4.90 Å². The summed E-state index contributed by atoms with van der Waals surface area (Å²) in [5.74, 6) is 1.58. The third kappa shape index (κ3) is 3.58. The Balaban J connectivity index is 1.73. The summed E-state index contributed by atoms with van der Waals surface area (Å²) in [5, 5.41) is 9.32. The lowest BCUT2D eigenvalue weighted by Gasteiger charge is -2.26. The lowest BCUT2D eigenvalue weighted by molar-refractivity contribution is 0.154. The fourth-order valence-electron chi connectivity index (χ4n) is 3.13. The van der Waals surface area contributed by atoms with E-state index in [1.807, 2.05) is 0 Å². The lowest BCUT2D eigenvalue weighted by atomic mass is 9.82. The summed E-state index contributed by atoms with van der Waals surface area (Å²) in [6, 6.07) is 0.438. The maximum Gasteiger partial charge on any atom is 0.0586 e. The van der Waals surface area contributed by atoms with Gasteiger partial charge in [-0.2, -0.15) is 0 Å². The van der Waals surface area contributed by atoms with Crippen molar-refractivity contribution in [1.82, 2.24) is 4.90 Å². The number of rotatable bonds is 6. The molecule has 1 N–H and O–H groups in total. The standard InChI is InChI=1S/C16H29NO/c1-13(14(2)11-15-5-3-6-15)8-10-17-9-4-7-16(17)12-18/h11,13,15-16,18H,3-10,12H2,1-2H3/b14-11-. The normalized spacial score (nSPS) is 28.4. The Morgan fingerprint density at radius 1 is 1.33 bits per heavy atom. The van der Waals surface area contributed by atoms with E-state index in [0.717, 1.165) is 12.5 Å². The first-order valence-corrected chi connectivity index (χ1v) is 7.74. The number of aliphatic hydroxyl groups excluding tert-OH is 1. The van der Waals surface area contributed by atoms with E-state index in [4.69, 9.17) is 0 Å². The topological polar surface area (TPSA) is 23.5 Å². The van der Waals surface area contributed by atoms with E-state index in [2.05, 4.69) is 24.8 Å². The van der Waals surface area contributed by atoms with E-state index in [1.54, 1.807) is 5.57 Å². The molecule has 0 bridgehead atoms. The summed E-state index contributed by atoms with van der Waals surface area (Å²) < 4.78 is 0. The Hall–Kier alpha value is -0.340. The van der Waals surface area contributed by atoms with Crippen molar-refractivity contribution in [3.05, 3.63) is 11.6 Å². The number of hydrogen-bond acceptors (Lipinski definition) is 2. The molecule has 18 heavy (non-hydrogen) atoms. The van der Waals surface area contributed by atoms with Crippen molar-refractivity contribution in [2.75, 3.05) is 19.7 Å². The van der Waals surface area contributed by atoms with Gasteiger partial charge in [0.05, 0.1) is 6.61 Å². The number of nitrogens with zero attached hydrogens (tertiary/aromatic N) is 1. The third-order valence-corrected chi connectivity index (χ3v) is 4.98. The van der Waals surface area contributed by atoms with Crippen LogP contribution in [0.1, 0.15) is 52.4 Å². The molecule has 0 spiro atoms. The smallest absolute Gasteiger partial charge is 0.0586 e. The van der Waals surface area contributed by atoms with Crippen molar-refractivity contribution in [2.45, 2.75) is 58.4 Å². The van der Waals surface area contributed by atoms with Crippen LogP contribution in [0.5, 0.6) is 0 Å². The highest BCUT2D eigenvalue weighted by Gasteiger charge is 2.24. The Morgan fingerprint density at radius 3 is 2.72 bits per heavy atom. The van der Waals surface area contributed by atoms with Crippen LogP contribution < -0.4 is 0 Å². The molecule has 1 saturated heterocycles. The summed E-state index contributed by atoms with van der Waals surface area (Å²) in [6.07, 6.45) is 10.4. The average Bonchev–Trinajstić information content (AvgIpc) is 2.77. The van der Waals surface area contributed by atoms with Crippen molar-refractivity contribution in [2.24, 2.45) is 11.8 Å². The SMILES string of the molecule is C/C(=C/C1CCC1)C(C)CCN1CCCC1CO. The molecule has 1 aliphatic heterocycles. The minimum absolute atomic E-state index is 0.339. The van der Waals surface area contributed by atoms with Crippen LogP contribution >= 0.6 is 0 Å². The van der Waals surface area contributed by atoms with Crippen LogP contribution in [0.3, 0.4) is 0 Å². The number of likely N-dealkylation sites (tertiary alicyclic amines) is 1. The van der Waals surface area contributed by atoms with Crippen molar-refractivity contribution in [3.8, 4) is 0 Å². The molecule has 2 aliphatic rings. The van der Waals surface area contributed by atoms with Crippen LogP contribution in [0.2, 0.25) is 0 Å². The number of aliphatic hydroxyl groups is 1. The van der Waals surface area contributed by atoms with Gasteiger partial charge in [-0.05, 0) is 64.0 Å². The number of allylic oxidation sites excluding steroid dienone is 2. The molecule has 1 heterocycles. The molecular formula is C16H29NO. The van der Waals surface area contributed by atoms with Gasteiger partial charge in [0.15, 0.2) is 0 Å². The maximum absolute atomic E-state index is 9.32. The van der Waals surface area contributed by atoms with E-state index >= 15 is 0 Å². The van der Waals surface area contributed by atoms with E-state index in [0.29, 0.717) is 18.6 Å². The summed E-state index contributed by atoms with van der Waals surface area (Å²) in [5.41, 5.74) is 1.58. The van der Waals surface area contributed by atoms with Gasteiger partial charge in [0.2, 0.25) is 0 Å². The van der Waals surface area contributed by atoms with Gasteiger partial charge in [-0.25, -0.2) is 0 Å². The zero-order valence-electron chi connectivity index (χ0n) is 12.1. The highest BCUT2D eigenvalue weighted by molar-refractivity contribution is 5.06. The monoisotopic (exact) mass is 251 g/mol. The summed E-state index contributed by atoms with van der Waals surface area (Å²) in [4.78, 5) is 2.48. The van der Waals surface area contributed by atoms with Gasteiger partial charge in [0.25, 0.3) is 0 Å². The number of hydrogen-bond donors (Lipinski definition) is 1. The summed E-state index contributed by atoms with van der Waals surface area (Å²) >= 11 is 0. The Kier molecular flexibility index (Phi) is 5.25. The van der Waals surface area contributed by atoms with Crippen molar-refractivity contribution in [3.63, 3.8) is 0 Å². The van der Waals surface area contributed by atoms with E-state index in [-0.39, 0.29) is 0 Å². The highest BCUT2D eigenvalue weighted by Crippen LogP contribution is 2.30. The first-order valence-electron chi connectivity index (χ1n) is 7.74. The molecule has 0 radical (unpaired) electrons. The van der Waals surface area contributed by atoms with Gasteiger partial charge in [0.1, 0.15) is 0 Å². The summed E-state index contributed by atoms with van der Waals surface area (Å²) in [7, 11) is 0. The van der Waals surface area contributed by atoms with Gasteiger partial charge in [0, 0.05) is 6.04 Å². The predicted octanol–water partition coefficient (Wildman–Crippen LogP) is 3.22. The van der Waals surface area contributed by atoms with Crippen molar-refractivity contribution in [1.29, 1.82) is 0 Å². The second kappa shape index (κ2) is 6.72. The minimum Gasteiger partial charge on any atom is -0.395 e. The van der Waals surface area contributed by atoms with Gasteiger partial charge < -0.3 is 5.11 Å². The maximum atomic E-state index is 9.32. The van der Waals surface area contributed by atoms with Gasteiger partial charge in [-0.15, -0.1) is 0 Å². The van der Waals surface area contributed by atoms with E-state index < -0.39 is 0 Å². The quantitative estimate of drug-likeness (QED) is 0.733. The van der Waals surface area contributed by atoms with Crippen LogP contribution in [-0.2, 0) is 0 Å². The first-order chi connectivity index (χ1) is 8.70. The van der Waals surface area contributed by atoms with Crippen LogP contribution in [0, 0.1) is 11.8 Å². The zero-order valence-corrected chi connectivity index (χ0v) is 12.1. The molecule has 2 fully saturated rings. The first kappa shape index (κ1) is 14.1. The molecule has 0 amide bonds. The van der Waals surface area contributed by atoms with Gasteiger partial charge in [-0.1, -0.05) is 25.0 Å². The van der Waals surface area contributed by atoms with E-state index in [1.165, 1.54) is 45.1 Å². The molecule has 0 aromatic carbocycles.